The van der Waals surface area contributed by atoms with Crippen molar-refractivity contribution in [3.8, 4) is 0 Å². The summed E-state index contributed by atoms with van der Waals surface area (Å²) in [7, 11) is 4.03. The van der Waals surface area contributed by atoms with Gasteiger partial charge in [0.2, 0.25) is 11.8 Å². The molecule has 3 saturated heterocycles. The van der Waals surface area contributed by atoms with Crippen LogP contribution < -0.4 is 0 Å². The van der Waals surface area contributed by atoms with Crippen LogP contribution in [0.1, 0.15) is 25.7 Å². The van der Waals surface area contributed by atoms with E-state index in [0.717, 1.165) is 65.0 Å². The highest BCUT2D eigenvalue weighted by atomic mass is 16.2. The van der Waals surface area contributed by atoms with Gasteiger partial charge in [0.25, 0.3) is 0 Å². The predicted octanol–water partition coefficient (Wildman–Crippen LogP) is 0.0948. The van der Waals surface area contributed by atoms with Gasteiger partial charge in [0, 0.05) is 39.8 Å². The number of likely N-dealkylation sites (N-methyl/N-ethyl adjacent to an activating group) is 1. The van der Waals surface area contributed by atoms with Crippen LogP contribution in [-0.2, 0) is 9.59 Å². The van der Waals surface area contributed by atoms with Crippen molar-refractivity contribution in [1.82, 2.24) is 19.6 Å². The van der Waals surface area contributed by atoms with Crippen molar-refractivity contribution in [2.24, 2.45) is 5.41 Å². The van der Waals surface area contributed by atoms with Gasteiger partial charge >= 0.3 is 0 Å². The minimum atomic E-state index is -0.290. The van der Waals surface area contributed by atoms with Gasteiger partial charge in [-0.05, 0) is 45.8 Å². The number of rotatable bonds is 2. The maximum Gasteiger partial charge on any atom is 0.236 e. The quantitative estimate of drug-likeness (QED) is 0.723. The average Bonchev–Trinajstić information content (AvgIpc) is 2.85. The third-order valence-electron chi connectivity index (χ3n) is 5.83. The predicted molar refractivity (Wildman–Crippen MR) is 89.1 cm³/mol. The Morgan fingerprint density at radius 2 is 1.83 bits per heavy atom. The molecule has 23 heavy (non-hydrogen) atoms. The van der Waals surface area contributed by atoms with Crippen molar-refractivity contribution in [2.45, 2.75) is 25.7 Å². The summed E-state index contributed by atoms with van der Waals surface area (Å²) in [6.45, 7) is 6.83. The number of carbonyl (C=O) groups is 2. The van der Waals surface area contributed by atoms with Gasteiger partial charge in [-0.15, -0.1) is 0 Å². The number of likely N-dealkylation sites (tertiary alicyclic amines) is 2. The molecule has 3 fully saturated rings. The normalized spacial score (nSPS) is 31.0. The highest BCUT2D eigenvalue weighted by molar-refractivity contribution is 5.86. The Morgan fingerprint density at radius 3 is 2.65 bits per heavy atom. The lowest BCUT2D eigenvalue weighted by atomic mass is 9.78. The van der Waals surface area contributed by atoms with Gasteiger partial charge in [0.1, 0.15) is 0 Å². The highest BCUT2D eigenvalue weighted by Gasteiger charge is 2.48. The van der Waals surface area contributed by atoms with E-state index in [2.05, 4.69) is 16.8 Å². The molecule has 1 spiro atoms. The zero-order valence-electron chi connectivity index (χ0n) is 14.6. The first-order valence-corrected chi connectivity index (χ1v) is 8.94. The molecule has 6 nitrogen and oxygen atoms in total. The highest BCUT2D eigenvalue weighted by Crippen LogP contribution is 2.39. The first kappa shape index (κ1) is 16.7. The van der Waals surface area contributed by atoms with Crippen LogP contribution in [-0.4, -0.2) is 97.9 Å². The molecular weight excluding hydrogens is 292 g/mol. The van der Waals surface area contributed by atoms with E-state index in [4.69, 9.17) is 0 Å². The van der Waals surface area contributed by atoms with Crippen LogP contribution in [0.15, 0.2) is 0 Å². The molecule has 0 radical (unpaired) electrons. The number of hydrogen-bond donors (Lipinski definition) is 0. The molecule has 3 aliphatic heterocycles. The molecule has 2 amide bonds. The molecule has 3 rings (SSSR count). The van der Waals surface area contributed by atoms with Gasteiger partial charge in [-0.1, -0.05) is 0 Å². The van der Waals surface area contributed by atoms with E-state index in [9.17, 15) is 9.59 Å². The molecule has 0 unspecified atom stereocenters. The molecule has 0 bridgehead atoms. The van der Waals surface area contributed by atoms with Crippen molar-refractivity contribution in [2.75, 3.05) is 66.5 Å². The fourth-order valence-corrected chi connectivity index (χ4v) is 4.28. The maximum absolute atomic E-state index is 12.7. The summed E-state index contributed by atoms with van der Waals surface area (Å²) < 4.78 is 0. The average molecular weight is 322 g/mol. The van der Waals surface area contributed by atoms with Crippen LogP contribution in [0.25, 0.3) is 0 Å². The second-order valence-electron chi connectivity index (χ2n) is 7.61. The van der Waals surface area contributed by atoms with Gasteiger partial charge in [0.05, 0.1) is 12.0 Å². The van der Waals surface area contributed by atoms with Crippen LogP contribution >= 0.6 is 0 Å². The molecule has 0 aliphatic carbocycles. The maximum atomic E-state index is 12.7. The van der Waals surface area contributed by atoms with Gasteiger partial charge in [-0.3, -0.25) is 14.5 Å². The van der Waals surface area contributed by atoms with Gasteiger partial charge < -0.3 is 14.7 Å². The Balaban J connectivity index is 1.56. The van der Waals surface area contributed by atoms with Crippen molar-refractivity contribution >= 4 is 11.8 Å². The lowest BCUT2D eigenvalue weighted by molar-refractivity contribution is -0.144. The molecule has 0 aromatic carbocycles. The lowest BCUT2D eigenvalue weighted by Crippen LogP contribution is -2.49. The SMILES string of the molecule is CN1CCCN(CC(=O)N2CC[C@]3(CCCN(C)C3=O)C2)CC1. The molecule has 1 atom stereocenters. The number of hydrogen-bond acceptors (Lipinski definition) is 4. The van der Waals surface area contributed by atoms with E-state index in [-0.39, 0.29) is 17.2 Å². The first-order valence-electron chi connectivity index (χ1n) is 8.94. The summed E-state index contributed by atoms with van der Waals surface area (Å²) in [5.41, 5.74) is -0.290. The minimum Gasteiger partial charge on any atom is -0.345 e. The van der Waals surface area contributed by atoms with E-state index >= 15 is 0 Å². The summed E-state index contributed by atoms with van der Waals surface area (Å²) in [4.78, 5) is 33.6. The number of piperidine rings is 1. The summed E-state index contributed by atoms with van der Waals surface area (Å²) in [6, 6.07) is 0. The molecule has 0 aromatic rings. The number of carbonyl (C=O) groups excluding carboxylic acids is 2. The Kier molecular flexibility index (Phi) is 4.92. The minimum absolute atomic E-state index is 0.201. The molecule has 0 aromatic heterocycles. The fraction of sp³-hybridized carbons (Fsp3) is 0.882. The Bertz CT molecular complexity index is 470. The molecule has 0 N–H and O–H groups in total. The van der Waals surface area contributed by atoms with E-state index in [1.165, 1.54) is 0 Å². The second kappa shape index (κ2) is 6.77. The number of nitrogens with zero attached hydrogens (tertiary/aromatic N) is 4. The van der Waals surface area contributed by atoms with E-state index in [0.29, 0.717) is 13.1 Å². The van der Waals surface area contributed by atoms with Crippen molar-refractivity contribution < 1.29 is 9.59 Å². The Hall–Kier alpha value is -1.14. The summed E-state index contributed by atoms with van der Waals surface area (Å²) in [5.74, 6) is 0.447. The van der Waals surface area contributed by atoms with Gasteiger partial charge in [-0.2, -0.15) is 0 Å². The molecule has 3 heterocycles. The van der Waals surface area contributed by atoms with Crippen molar-refractivity contribution in [1.29, 1.82) is 0 Å². The van der Waals surface area contributed by atoms with E-state index < -0.39 is 0 Å². The molecule has 3 aliphatic rings. The van der Waals surface area contributed by atoms with Crippen molar-refractivity contribution in [3.63, 3.8) is 0 Å². The largest absolute Gasteiger partial charge is 0.345 e. The standard InChI is InChI=1S/C17H30N4O2/c1-18-7-4-9-20(12-11-18)13-15(22)21-10-6-17(14-21)5-3-8-19(2)16(17)23/h3-14H2,1-2H3/t17-/m1/s1. The molecule has 130 valence electrons. The molecule has 6 heteroatoms. The van der Waals surface area contributed by atoms with Crippen LogP contribution in [0.4, 0.5) is 0 Å². The smallest absolute Gasteiger partial charge is 0.236 e. The Labute approximate surface area is 139 Å². The van der Waals surface area contributed by atoms with Crippen LogP contribution in [0.5, 0.6) is 0 Å². The van der Waals surface area contributed by atoms with E-state index in [1.807, 2.05) is 16.8 Å². The summed E-state index contributed by atoms with van der Waals surface area (Å²) in [5, 5.41) is 0. The molecule has 0 saturated carbocycles. The first-order chi connectivity index (χ1) is 11.0. The fourth-order valence-electron chi connectivity index (χ4n) is 4.28. The van der Waals surface area contributed by atoms with Crippen LogP contribution in [0.3, 0.4) is 0 Å². The van der Waals surface area contributed by atoms with Gasteiger partial charge in [0.15, 0.2) is 0 Å². The third kappa shape index (κ3) is 3.53. The summed E-state index contributed by atoms with van der Waals surface area (Å²) in [6.07, 6.45) is 3.96. The van der Waals surface area contributed by atoms with Crippen LogP contribution in [0, 0.1) is 5.41 Å². The lowest BCUT2D eigenvalue weighted by Gasteiger charge is -2.37. The van der Waals surface area contributed by atoms with Gasteiger partial charge in [-0.25, -0.2) is 0 Å². The van der Waals surface area contributed by atoms with Crippen LogP contribution in [0.2, 0.25) is 0 Å². The molecular formula is C17H30N4O2. The van der Waals surface area contributed by atoms with E-state index in [1.54, 1.807) is 0 Å². The Morgan fingerprint density at radius 1 is 1.00 bits per heavy atom. The monoisotopic (exact) mass is 322 g/mol. The zero-order valence-corrected chi connectivity index (χ0v) is 14.6. The van der Waals surface area contributed by atoms with Crippen molar-refractivity contribution in [3.05, 3.63) is 0 Å². The number of amides is 2. The second-order valence-corrected chi connectivity index (χ2v) is 7.61. The third-order valence-corrected chi connectivity index (χ3v) is 5.83. The summed E-state index contributed by atoms with van der Waals surface area (Å²) >= 11 is 0. The zero-order chi connectivity index (χ0) is 16.4. The topological polar surface area (TPSA) is 47.1 Å².